The van der Waals surface area contributed by atoms with Gasteiger partial charge in [0, 0.05) is 18.7 Å². The highest BCUT2D eigenvalue weighted by atomic mass is 19.1. The number of halogens is 1. The average molecular weight is 332 g/mol. The van der Waals surface area contributed by atoms with Crippen LogP contribution in [0.25, 0.3) is 0 Å². The molecule has 1 N–H and O–H groups in total. The van der Waals surface area contributed by atoms with Gasteiger partial charge < -0.3 is 14.7 Å². The Balaban J connectivity index is 1.67. The minimum absolute atomic E-state index is 0.112. The number of carbonyl (C=O) groups is 2. The van der Waals surface area contributed by atoms with E-state index in [1.807, 2.05) is 0 Å². The first-order valence-corrected chi connectivity index (χ1v) is 7.59. The van der Waals surface area contributed by atoms with Crippen LogP contribution in [0.2, 0.25) is 0 Å². The SMILES string of the molecule is Cc1cc(N2C[C@H](C(=O)N[C@@H](C)c3ncon3)CC2=O)ccc1F. The highest BCUT2D eigenvalue weighted by molar-refractivity contribution is 6.00. The van der Waals surface area contributed by atoms with Crippen LogP contribution < -0.4 is 10.2 Å². The van der Waals surface area contributed by atoms with Crippen LogP contribution in [0.5, 0.6) is 0 Å². The molecule has 0 radical (unpaired) electrons. The molecule has 0 aliphatic carbocycles. The minimum atomic E-state index is -0.475. The molecule has 2 amide bonds. The van der Waals surface area contributed by atoms with Crippen molar-refractivity contribution in [2.24, 2.45) is 5.92 Å². The van der Waals surface area contributed by atoms with Crippen molar-refractivity contribution in [1.82, 2.24) is 15.5 Å². The molecule has 2 heterocycles. The predicted molar refractivity (Wildman–Crippen MR) is 82.5 cm³/mol. The largest absolute Gasteiger partial charge is 0.346 e. The van der Waals surface area contributed by atoms with Gasteiger partial charge in [-0.2, -0.15) is 4.98 Å². The molecule has 1 aromatic heterocycles. The molecule has 2 aromatic rings. The summed E-state index contributed by atoms with van der Waals surface area (Å²) in [7, 11) is 0. The Morgan fingerprint density at radius 2 is 2.29 bits per heavy atom. The van der Waals surface area contributed by atoms with Gasteiger partial charge in [-0.1, -0.05) is 5.16 Å². The molecule has 0 unspecified atom stereocenters. The third-order valence-corrected chi connectivity index (χ3v) is 4.07. The second kappa shape index (κ2) is 6.38. The molecule has 3 rings (SSSR count). The number of aromatic nitrogens is 2. The molecule has 7 nitrogen and oxygen atoms in total. The number of hydrogen-bond acceptors (Lipinski definition) is 5. The zero-order chi connectivity index (χ0) is 17.3. The number of hydrogen-bond donors (Lipinski definition) is 1. The van der Waals surface area contributed by atoms with E-state index >= 15 is 0 Å². The predicted octanol–water partition coefficient (Wildman–Crippen LogP) is 1.75. The number of aryl methyl sites for hydroxylation is 1. The van der Waals surface area contributed by atoms with E-state index < -0.39 is 12.0 Å². The fourth-order valence-corrected chi connectivity index (χ4v) is 2.69. The molecule has 1 fully saturated rings. The van der Waals surface area contributed by atoms with Crippen LogP contribution >= 0.6 is 0 Å². The number of benzene rings is 1. The summed E-state index contributed by atoms with van der Waals surface area (Å²) in [6.07, 6.45) is 1.30. The van der Waals surface area contributed by atoms with Gasteiger partial charge in [0.25, 0.3) is 0 Å². The van der Waals surface area contributed by atoms with Gasteiger partial charge in [0.05, 0.1) is 12.0 Å². The molecule has 1 saturated heterocycles. The van der Waals surface area contributed by atoms with Crippen molar-refractivity contribution in [3.8, 4) is 0 Å². The van der Waals surface area contributed by atoms with E-state index in [9.17, 15) is 14.0 Å². The minimum Gasteiger partial charge on any atom is -0.346 e. The lowest BCUT2D eigenvalue weighted by molar-refractivity contribution is -0.126. The lowest BCUT2D eigenvalue weighted by atomic mass is 10.1. The molecule has 1 aromatic carbocycles. The summed E-state index contributed by atoms with van der Waals surface area (Å²) < 4.78 is 18.0. The molecule has 0 spiro atoms. The summed E-state index contributed by atoms with van der Waals surface area (Å²) in [6, 6.07) is 4.06. The number of amides is 2. The summed E-state index contributed by atoms with van der Waals surface area (Å²) in [5, 5.41) is 6.45. The van der Waals surface area contributed by atoms with E-state index in [4.69, 9.17) is 0 Å². The summed E-state index contributed by atoms with van der Waals surface area (Å²) >= 11 is 0. The summed E-state index contributed by atoms with van der Waals surface area (Å²) in [4.78, 5) is 30.0. The molecule has 126 valence electrons. The maximum absolute atomic E-state index is 13.4. The Morgan fingerprint density at radius 3 is 2.96 bits per heavy atom. The van der Waals surface area contributed by atoms with Crippen LogP contribution in [0.1, 0.15) is 30.8 Å². The van der Waals surface area contributed by atoms with E-state index in [1.165, 1.54) is 17.4 Å². The number of carbonyl (C=O) groups excluding carboxylic acids is 2. The quantitative estimate of drug-likeness (QED) is 0.921. The lowest BCUT2D eigenvalue weighted by Crippen LogP contribution is -2.35. The zero-order valence-electron chi connectivity index (χ0n) is 13.3. The standard InChI is InChI=1S/C16H17FN4O3/c1-9-5-12(3-4-13(9)17)21-7-11(6-14(21)22)16(23)19-10(2)15-18-8-24-20-15/h3-5,8,10-11H,6-7H2,1-2H3,(H,19,23)/t10-,11+/m0/s1. The van der Waals surface area contributed by atoms with Gasteiger partial charge >= 0.3 is 0 Å². The normalized spacial score (nSPS) is 18.7. The number of nitrogens with zero attached hydrogens (tertiary/aromatic N) is 3. The molecule has 0 bridgehead atoms. The van der Waals surface area contributed by atoms with Gasteiger partial charge in [-0.15, -0.1) is 0 Å². The molecule has 1 aliphatic heterocycles. The van der Waals surface area contributed by atoms with Gasteiger partial charge in [0.2, 0.25) is 18.2 Å². The first-order chi connectivity index (χ1) is 11.5. The average Bonchev–Trinajstić information content (AvgIpc) is 3.19. The van der Waals surface area contributed by atoms with Crippen molar-refractivity contribution in [3.63, 3.8) is 0 Å². The van der Waals surface area contributed by atoms with Gasteiger partial charge in [-0.25, -0.2) is 4.39 Å². The van der Waals surface area contributed by atoms with Crippen molar-refractivity contribution in [3.05, 3.63) is 41.8 Å². The highest BCUT2D eigenvalue weighted by Crippen LogP contribution is 2.27. The van der Waals surface area contributed by atoms with E-state index in [-0.39, 0.29) is 30.6 Å². The summed E-state index contributed by atoms with van der Waals surface area (Å²) in [6.45, 7) is 3.63. The Labute approximate surface area is 137 Å². The van der Waals surface area contributed by atoms with Crippen molar-refractivity contribution < 1.29 is 18.5 Å². The first-order valence-electron chi connectivity index (χ1n) is 7.59. The number of rotatable bonds is 4. The fourth-order valence-electron chi connectivity index (χ4n) is 2.69. The van der Waals surface area contributed by atoms with E-state index in [1.54, 1.807) is 26.0 Å². The second-order valence-corrected chi connectivity index (χ2v) is 5.86. The Morgan fingerprint density at radius 1 is 1.50 bits per heavy atom. The number of anilines is 1. The van der Waals surface area contributed by atoms with Crippen molar-refractivity contribution in [2.75, 3.05) is 11.4 Å². The Kier molecular flexibility index (Phi) is 4.28. The topological polar surface area (TPSA) is 88.3 Å². The van der Waals surface area contributed by atoms with Crippen molar-refractivity contribution in [1.29, 1.82) is 0 Å². The van der Waals surface area contributed by atoms with Crippen LogP contribution in [0, 0.1) is 18.7 Å². The monoisotopic (exact) mass is 332 g/mol. The smallest absolute Gasteiger partial charge is 0.227 e. The third kappa shape index (κ3) is 3.12. The lowest BCUT2D eigenvalue weighted by Gasteiger charge is -2.18. The Bertz CT molecular complexity index is 763. The maximum Gasteiger partial charge on any atom is 0.227 e. The van der Waals surface area contributed by atoms with Gasteiger partial charge in [0.1, 0.15) is 5.82 Å². The second-order valence-electron chi connectivity index (χ2n) is 5.86. The summed E-state index contributed by atoms with van der Waals surface area (Å²) in [5.74, 6) is -0.833. The molecule has 2 atom stereocenters. The molecule has 24 heavy (non-hydrogen) atoms. The number of nitrogens with one attached hydrogen (secondary N) is 1. The van der Waals surface area contributed by atoms with Crippen molar-refractivity contribution in [2.45, 2.75) is 26.3 Å². The maximum atomic E-state index is 13.4. The van der Waals surface area contributed by atoms with E-state index in [0.29, 0.717) is 17.1 Å². The Hall–Kier alpha value is -2.77. The molecule has 0 saturated carbocycles. The van der Waals surface area contributed by atoms with E-state index in [2.05, 4.69) is 20.0 Å². The molecular formula is C16H17FN4O3. The van der Waals surface area contributed by atoms with Crippen LogP contribution in [0.3, 0.4) is 0 Å². The van der Waals surface area contributed by atoms with Crippen LogP contribution in [0.4, 0.5) is 10.1 Å². The molecule has 1 aliphatic rings. The fraction of sp³-hybridized carbons (Fsp3) is 0.375. The van der Waals surface area contributed by atoms with Gasteiger partial charge in [-0.05, 0) is 37.6 Å². The molecule has 8 heteroatoms. The first kappa shape index (κ1) is 16.1. The molecular weight excluding hydrogens is 315 g/mol. The van der Waals surface area contributed by atoms with Gasteiger partial charge in [0.15, 0.2) is 5.82 Å². The van der Waals surface area contributed by atoms with Crippen LogP contribution in [-0.2, 0) is 9.59 Å². The van der Waals surface area contributed by atoms with Crippen LogP contribution in [0.15, 0.2) is 29.1 Å². The van der Waals surface area contributed by atoms with Gasteiger partial charge in [-0.3, -0.25) is 9.59 Å². The highest BCUT2D eigenvalue weighted by Gasteiger charge is 2.36. The zero-order valence-corrected chi connectivity index (χ0v) is 13.3. The van der Waals surface area contributed by atoms with Crippen molar-refractivity contribution >= 4 is 17.5 Å². The van der Waals surface area contributed by atoms with E-state index in [0.717, 1.165) is 0 Å². The summed E-state index contributed by atoms with van der Waals surface area (Å²) in [5.41, 5.74) is 1.05. The third-order valence-electron chi connectivity index (χ3n) is 4.07. The van der Waals surface area contributed by atoms with Crippen LogP contribution in [-0.4, -0.2) is 28.5 Å².